The topological polar surface area (TPSA) is 59.1 Å². The first-order valence-corrected chi connectivity index (χ1v) is 9.36. The van der Waals surface area contributed by atoms with E-state index >= 15 is 0 Å². The molecule has 1 aromatic carbocycles. The van der Waals surface area contributed by atoms with Crippen molar-refractivity contribution in [3.8, 4) is 0 Å². The van der Waals surface area contributed by atoms with Gasteiger partial charge in [0.1, 0.15) is 5.82 Å². The van der Waals surface area contributed by atoms with E-state index in [4.69, 9.17) is 0 Å². The Kier molecular flexibility index (Phi) is 3.95. The lowest BCUT2D eigenvalue weighted by Gasteiger charge is -2.04. The highest BCUT2D eigenvalue weighted by molar-refractivity contribution is 7.91. The van der Waals surface area contributed by atoms with E-state index in [0.717, 1.165) is 16.4 Å². The lowest BCUT2D eigenvalue weighted by atomic mass is 10.1. The van der Waals surface area contributed by atoms with Gasteiger partial charge < -0.3 is 5.32 Å². The van der Waals surface area contributed by atoms with E-state index < -0.39 is 9.84 Å². The molecule has 1 aliphatic heterocycles. The Bertz CT molecular complexity index is 726. The van der Waals surface area contributed by atoms with Gasteiger partial charge in [-0.3, -0.25) is 0 Å². The number of aromatic nitrogens is 1. The van der Waals surface area contributed by atoms with Crippen molar-refractivity contribution < 1.29 is 12.8 Å². The minimum absolute atomic E-state index is 0.0209. The molecule has 0 saturated carbocycles. The first kappa shape index (κ1) is 14.5. The van der Waals surface area contributed by atoms with E-state index in [0.29, 0.717) is 13.0 Å². The molecule has 1 aliphatic rings. The molecule has 0 amide bonds. The highest BCUT2D eigenvalue weighted by Gasteiger charge is 2.30. The molecule has 1 fully saturated rings. The fraction of sp³-hybridized carbons (Fsp3) is 0.357. The molecule has 0 aliphatic carbocycles. The molecule has 7 heteroatoms. The number of sulfone groups is 1. The summed E-state index contributed by atoms with van der Waals surface area (Å²) in [6.45, 7) is 0.566. The zero-order valence-electron chi connectivity index (χ0n) is 11.3. The third kappa shape index (κ3) is 3.59. The highest BCUT2D eigenvalue weighted by Crippen LogP contribution is 2.31. The molecule has 1 atom stereocenters. The lowest BCUT2D eigenvalue weighted by molar-refractivity contribution is 0.601. The molecule has 0 unspecified atom stereocenters. The fourth-order valence-corrected chi connectivity index (χ4v) is 4.91. The molecule has 0 bridgehead atoms. The van der Waals surface area contributed by atoms with E-state index in [9.17, 15) is 12.8 Å². The Balaban J connectivity index is 1.62. The Morgan fingerprint density at radius 1 is 1.33 bits per heavy atom. The van der Waals surface area contributed by atoms with Crippen LogP contribution in [0.3, 0.4) is 0 Å². The number of hydrogen-bond acceptors (Lipinski definition) is 5. The van der Waals surface area contributed by atoms with Gasteiger partial charge in [0.25, 0.3) is 0 Å². The number of hydrogen-bond donors (Lipinski definition) is 1. The minimum atomic E-state index is -2.88. The maximum absolute atomic E-state index is 12.8. The van der Waals surface area contributed by atoms with Gasteiger partial charge in [-0.2, -0.15) is 0 Å². The summed E-state index contributed by atoms with van der Waals surface area (Å²) in [5.41, 5.74) is 1.82. The van der Waals surface area contributed by atoms with Crippen LogP contribution in [0.1, 0.15) is 23.6 Å². The van der Waals surface area contributed by atoms with Crippen molar-refractivity contribution in [2.45, 2.75) is 18.9 Å². The average molecular weight is 326 g/mol. The van der Waals surface area contributed by atoms with Crippen LogP contribution >= 0.6 is 11.3 Å². The van der Waals surface area contributed by atoms with Crippen LogP contribution in [0.2, 0.25) is 0 Å². The first-order valence-electron chi connectivity index (χ1n) is 6.66. The molecule has 112 valence electrons. The Morgan fingerprint density at radius 2 is 2.10 bits per heavy atom. The van der Waals surface area contributed by atoms with Crippen molar-refractivity contribution in [2.75, 3.05) is 16.8 Å². The fourth-order valence-electron chi connectivity index (χ4n) is 2.36. The molecule has 0 spiro atoms. The number of nitrogens with zero attached hydrogens (tertiary/aromatic N) is 1. The number of halogens is 1. The Hall–Kier alpha value is -1.47. The molecule has 2 aromatic rings. The second-order valence-corrected chi connectivity index (χ2v) is 8.24. The summed E-state index contributed by atoms with van der Waals surface area (Å²) in [6.07, 6.45) is 0.656. The number of thiazole rings is 1. The number of nitrogens with one attached hydrogen (secondary N) is 1. The van der Waals surface area contributed by atoms with Crippen LogP contribution in [0.5, 0.6) is 0 Å². The smallest absolute Gasteiger partial charge is 0.183 e. The largest absolute Gasteiger partial charge is 0.357 e. The average Bonchev–Trinajstić information content (AvgIpc) is 3.04. The summed E-state index contributed by atoms with van der Waals surface area (Å²) in [7, 11) is -2.88. The van der Waals surface area contributed by atoms with Crippen LogP contribution in [0, 0.1) is 5.82 Å². The van der Waals surface area contributed by atoms with Crippen molar-refractivity contribution in [3.05, 3.63) is 46.7 Å². The molecule has 2 heterocycles. The van der Waals surface area contributed by atoms with Crippen LogP contribution in [0.15, 0.2) is 29.6 Å². The van der Waals surface area contributed by atoms with Crippen molar-refractivity contribution in [3.63, 3.8) is 0 Å². The maximum Gasteiger partial charge on any atom is 0.183 e. The minimum Gasteiger partial charge on any atom is -0.357 e. The lowest BCUT2D eigenvalue weighted by Crippen LogP contribution is -2.04. The third-order valence-electron chi connectivity index (χ3n) is 3.53. The van der Waals surface area contributed by atoms with Gasteiger partial charge >= 0.3 is 0 Å². The summed E-state index contributed by atoms with van der Waals surface area (Å²) in [6, 6.07) is 6.29. The molecule has 21 heavy (non-hydrogen) atoms. The second kappa shape index (κ2) is 5.73. The molecule has 1 saturated heterocycles. The number of benzene rings is 1. The van der Waals surface area contributed by atoms with Crippen LogP contribution in [-0.4, -0.2) is 24.9 Å². The van der Waals surface area contributed by atoms with E-state index in [1.54, 1.807) is 12.1 Å². The van der Waals surface area contributed by atoms with Crippen molar-refractivity contribution >= 4 is 26.3 Å². The summed E-state index contributed by atoms with van der Waals surface area (Å²) in [5, 5.41) is 5.86. The van der Waals surface area contributed by atoms with Gasteiger partial charge in [-0.25, -0.2) is 17.8 Å². The molecule has 3 rings (SSSR count). The zero-order chi connectivity index (χ0) is 14.9. The molecule has 4 nitrogen and oxygen atoms in total. The molecular formula is C14H15FN2O2S2. The van der Waals surface area contributed by atoms with Crippen LogP contribution in [-0.2, 0) is 16.4 Å². The van der Waals surface area contributed by atoms with E-state index in [1.807, 2.05) is 5.38 Å². The van der Waals surface area contributed by atoms with Crippen molar-refractivity contribution in [2.24, 2.45) is 0 Å². The summed E-state index contributed by atoms with van der Waals surface area (Å²) in [4.78, 5) is 4.46. The van der Waals surface area contributed by atoms with Crippen molar-refractivity contribution in [1.29, 1.82) is 0 Å². The number of anilines is 1. The van der Waals surface area contributed by atoms with Gasteiger partial charge in [-0.15, -0.1) is 11.3 Å². The molecule has 1 N–H and O–H groups in total. The summed E-state index contributed by atoms with van der Waals surface area (Å²) >= 11 is 1.47. The van der Waals surface area contributed by atoms with E-state index in [-0.39, 0.29) is 23.2 Å². The normalized spacial score (nSPS) is 20.5. The van der Waals surface area contributed by atoms with Gasteiger partial charge in [0.05, 0.1) is 17.2 Å². The quantitative estimate of drug-likeness (QED) is 0.938. The Labute approximate surface area is 127 Å². The van der Waals surface area contributed by atoms with Crippen LogP contribution < -0.4 is 5.32 Å². The van der Waals surface area contributed by atoms with Crippen LogP contribution in [0.4, 0.5) is 9.52 Å². The molecule has 1 aromatic heterocycles. The highest BCUT2D eigenvalue weighted by atomic mass is 32.2. The number of rotatable bonds is 4. The zero-order valence-corrected chi connectivity index (χ0v) is 12.9. The van der Waals surface area contributed by atoms with Crippen LogP contribution in [0.25, 0.3) is 0 Å². The van der Waals surface area contributed by atoms with E-state index in [2.05, 4.69) is 10.3 Å². The SMILES string of the molecule is O=S1(=O)CC[C@H](c2csc(NCc3ccc(F)cc3)n2)C1. The Morgan fingerprint density at radius 3 is 2.76 bits per heavy atom. The predicted octanol–water partition coefficient (Wildman–Crippen LogP) is 2.80. The second-order valence-electron chi connectivity index (χ2n) is 5.16. The first-order chi connectivity index (χ1) is 10.0. The third-order valence-corrected chi connectivity index (χ3v) is 6.12. The predicted molar refractivity (Wildman–Crippen MR) is 81.9 cm³/mol. The van der Waals surface area contributed by atoms with Gasteiger partial charge in [-0.1, -0.05) is 12.1 Å². The maximum atomic E-state index is 12.8. The van der Waals surface area contributed by atoms with Gasteiger partial charge in [0.2, 0.25) is 0 Å². The van der Waals surface area contributed by atoms with E-state index in [1.165, 1.54) is 23.5 Å². The van der Waals surface area contributed by atoms with Gasteiger partial charge in [-0.05, 0) is 24.1 Å². The molecular weight excluding hydrogens is 311 g/mol. The monoisotopic (exact) mass is 326 g/mol. The standard InChI is InChI=1S/C14H15FN2O2S2/c15-12-3-1-10(2-4-12)7-16-14-17-13(8-20-14)11-5-6-21(18,19)9-11/h1-4,8,11H,5-7,9H2,(H,16,17)/t11-/m0/s1. The van der Waals surface area contributed by atoms with Gasteiger partial charge in [0, 0.05) is 17.8 Å². The van der Waals surface area contributed by atoms with Crippen molar-refractivity contribution in [1.82, 2.24) is 4.98 Å². The van der Waals surface area contributed by atoms with Gasteiger partial charge in [0.15, 0.2) is 15.0 Å². The summed E-state index contributed by atoms with van der Waals surface area (Å²) in [5.74, 6) is 0.229. The summed E-state index contributed by atoms with van der Waals surface area (Å²) < 4.78 is 35.8. The molecule has 0 radical (unpaired) electrons.